The molecule has 0 fully saturated rings. The SMILES string of the molecule is CC(C)(C)c1ccc(N2c3cccc4c3B(c3cc5c(cc3N4c3ccccc3-c3ccccc3)C(C)(C)CCC5(C)C)c3sc4ccc(C(C)(C)C)cc4c32)cc1. The van der Waals surface area contributed by atoms with Crippen LogP contribution in [-0.2, 0) is 21.7 Å². The quantitative estimate of drug-likeness (QED) is 0.165. The second-order valence-electron chi connectivity index (χ2n) is 20.5. The minimum atomic E-state index is 0.0312. The molecule has 4 heteroatoms. The third kappa shape index (κ3) is 5.65. The fourth-order valence-electron chi connectivity index (χ4n) is 10.1. The first-order chi connectivity index (χ1) is 27.5. The maximum atomic E-state index is 2.66. The second-order valence-corrected chi connectivity index (χ2v) is 21.6. The summed E-state index contributed by atoms with van der Waals surface area (Å²) in [5.41, 5.74) is 18.8. The Kier molecular flexibility index (Phi) is 8.17. The minimum Gasteiger partial charge on any atom is -0.311 e. The molecule has 3 aliphatic rings. The van der Waals surface area contributed by atoms with Crippen LogP contribution in [0.4, 0.5) is 34.1 Å². The molecule has 0 N–H and O–H groups in total. The Balaban J connectivity index is 1.33. The largest absolute Gasteiger partial charge is 0.311 e. The van der Waals surface area contributed by atoms with Crippen LogP contribution in [0.25, 0.3) is 21.2 Å². The van der Waals surface area contributed by atoms with Gasteiger partial charge in [-0.2, -0.15) is 0 Å². The molecule has 0 radical (unpaired) electrons. The lowest BCUT2D eigenvalue weighted by molar-refractivity contribution is 0.332. The van der Waals surface area contributed by atoms with Crippen LogP contribution in [0.2, 0.25) is 0 Å². The molecule has 0 bridgehead atoms. The van der Waals surface area contributed by atoms with Gasteiger partial charge in [-0.05, 0) is 122 Å². The van der Waals surface area contributed by atoms with Gasteiger partial charge in [0.15, 0.2) is 0 Å². The molecule has 6 aromatic carbocycles. The van der Waals surface area contributed by atoms with Gasteiger partial charge in [-0.15, -0.1) is 11.3 Å². The third-order valence-corrected chi connectivity index (χ3v) is 14.9. The average Bonchev–Trinajstić information content (AvgIpc) is 3.57. The molecular weight excluding hydrogens is 719 g/mol. The van der Waals surface area contributed by atoms with E-state index >= 15 is 0 Å². The van der Waals surface area contributed by atoms with Crippen molar-refractivity contribution in [2.45, 2.75) is 104 Å². The molecule has 0 spiro atoms. The van der Waals surface area contributed by atoms with Gasteiger partial charge in [0, 0.05) is 43.2 Å². The fourth-order valence-corrected chi connectivity index (χ4v) is 11.4. The lowest BCUT2D eigenvalue weighted by Crippen LogP contribution is -2.61. The van der Waals surface area contributed by atoms with Gasteiger partial charge >= 0.3 is 0 Å². The van der Waals surface area contributed by atoms with E-state index in [0.29, 0.717) is 0 Å². The maximum Gasteiger partial charge on any atom is 0.264 e. The number of nitrogens with zero attached hydrogens (tertiary/aromatic N) is 2. The summed E-state index contributed by atoms with van der Waals surface area (Å²) < 4.78 is 2.78. The topological polar surface area (TPSA) is 6.48 Å². The zero-order chi connectivity index (χ0) is 40.5. The Morgan fingerprint density at radius 3 is 1.81 bits per heavy atom. The molecule has 3 heterocycles. The van der Waals surface area contributed by atoms with Crippen molar-refractivity contribution in [2.75, 3.05) is 9.80 Å². The highest BCUT2D eigenvalue weighted by Gasteiger charge is 2.48. The first-order valence-electron chi connectivity index (χ1n) is 21.3. The van der Waals surface area contributed by atoms with E-state index in [1.807, 2.05) is 11.3 Å². The van der Waals surface area contributed by atoms with Crippen LogP contribution in [0, 0.1) is 0 Å². The number of rotatable bonds is 3. The summed E-state index contributed by atoms with van der Waals surface area (Å²) in [6.07, 6.45) is 2.36. The molecule has 0 unspecified atom stereocenters. The van der Waals surface area contributed by atoms with Gasteiger partial charge in [0.05, 0.1) is 11.4 Å². The first kappa shape index (κ1) is 37.2. The fraction of sp³-hybridized carbons (Fsp3) is 0.296. The molecule has 2 aliphatic heterocycles. The zero-order valence-electron chi connectivity index (χ0n) is 35.9. The van der Waals surface area contributed by atoms with Crippen molar-refractivity contribution in [1.82, 2.24) is 0 Å². The summed E-state index contributed by atoms with van der Waals surface area (Å²) in [6, 6.07) is 49.0. The van der Waals surface area contributed by atoms with Crippen molar-refractivity contribution in [3.63, 3.8) is 0 Å². The molecule has 58 heavy (non-hydrogen) atoms. The van der Waals surface area contributed by atoms with Crippen molar-refractivity contribution in [2.24, 2.45) is 0 Å². The van der Waals surface area contributed by atoms with Gasteiger partial charge < -0.3 is 9.80 Å². The van der Waals surface area contributed by atoms with Crippen molar-refractivity contribution in [3.8, 4) is 11.1 Å². The van der Waals surface area contributed by atoms with Gasteiger partial charge in [0.25, 0.3) is 6.71 Å². The van der Waals surface area contributed by atoms with Crippen molar-refractivity contribution >= 4 is 78.0 Å². The molecule has 10 rings (SSSR count). The Labute approximate surface area is 350 Å². The summed E-state index contributed by atoms with van der Waals surface area (Å²) in [5, 5.41) is 1.35. The highest BCUT2D eigenvalue weighted by atomic mass is 32.1. The van der Waals surface area contributed by atoms with Crippen molar-refractivity contribution in [3.05, 3.63) is 150 Å². The second kappa shape index (κ2) is 12.7. The van der Waals surface area contributed by atoms with E-state index in [1.165, 1.54) is 106 Å². The summed E-state index contributed by atoms with van der Waals surface area (Å²) in [5.74, 6) is 0. The van der Waals surface area contributed by atoms with E-state index < -0.39 is 0 Å². The third-order valence-electron chi connectivity index (χ3n) is 13.6. The lowest BCUT2D eigenvalue weighted by atomic mass is 9.35. The van der Waals surface area contributed by atoms with E-state index in [9.17, 15) is 0 Å². The predicted molar refractivity (Wildman–Crippen MR) is 254 cm³/mol. The Bertz CT molecular complexity index is 2760. The van der Waals surface area contributed by atoms with Crippen LogP contribution < -0.4 is 25.5 Å². The normalized spacial score (nSPS) is 16.5. The predicted octanol–water partition coefficient (Wildman–Crippen LogP) is 13.6. The Morgan fingerprint density at radius 2 is 1.14 bits per heavy atom. The molecule has 0 atom stereocenters. The minimum absolute atomic E-state index is 0.0312. The molecule has 1 aromatic heterocycles. The van der Waals surface area contributed by atoms with E-state index in [0.717, 1.165) is 0 Å². The molecule has 0 saturated heterocycles. The molecule has 2 nitrogen and oxygen atoms in total. The van der Waals surface area contributed by atoms with Gasteiger partial charge in [-0.1, -0.05) is 148 Å². The molecular formula is C54H55BN2S. The van der Waals surface area contributed by atoms with Gasteiger partial charge in [0.2, 0.25) is 0 Å². The average molecular weight is 775 g/mol. The number of thiophene rings is 1. The summed E-state index contributed by atoms with van der Waals surface area (Å²) in [7, 11) is 0. The number of hydrogen-bond acceptors (Lipinski definition) is 3. The number of anilines is 6. The number of hydrogen-bond donors (Lipinski definition) is 0. The van der Waals surface area contributed by atoms with E-state index in [2.05, 4.69) is 206 Å². The van der Waals surface area contributed by atoms with E-state index in [-0.39, 0.29) is 28.4 Å². The molecule has 290 valence electrons. The van der Waals surface area contributed by atoms with Crippen LogP contribution in [0.1, 0.15) is 104 Å². The van der Waals surface area contributed by atoms with Crippen LogP contribution in [0.15, 0.2) is 127 Å². The summed E-state index contributed by atoms with van der Waals surface area (Å²) >= 11 is 2.00. The summed E-state index contributed by atoms with van der Waals surface area (Å²) in [4.78, 5) is 5.24. The standard InChI is InChI=1S/C54H55BN2S/c1-51(2,3)35-23-26-37(27-24-35)56-44-21-16-22-45-48(44)55(50-49(56)39-31-36(52(4,5)6)25-28-47(39)58-50)42-32-40-41(54(9,10)30-29-53(40,7)8)33-46(42)57(45)43-20-15-14-19-38(43)34-17-12-11-13-18-34/h11-28,31-33H,29-30H2,1-10H3. The van der Waals surface area contributed by atoms with Gasteiger partial charge in [-0.3, -0.25) is 0 Å². The van der Waals surface area contributed by atoms with Crippen LogP contribution in [-0.4, -0.2) is 6.71 Å². The van der Waals surface area contributed by atoms with E-state index in [1.54, 1.807) is 0 Å². The Hall–Kier alpha value is -5.06. The highest BCUT2D eigenvalue weighted by Crippen LogP contribution is 2.52. The maximum absolute atomic E-state index is 2.66. The van der Waals surface area contributed by atoms with E-state index in [4.69, 9.17) is 0 Å². The summed E-state index contributed by atoms with van der Waals surface area (Å²) in [6.45, 7) is 23.9. The van der Waals surface area contributed by atoms with Gasteiger partial charge in [-0.25, -0.2) is 0 Å². The Morgan fingerprint density at radius 1 is 0.552 bits per heavy atom. The number of fused-ring (bicyclic) bond motifs is 7. The molecule has 1 aliphatic carbocycles. The number of benzene rings is 6. The van der Waals surface area contributed by atoms with Crippen molar-refractivity contribution in [1.29, 1.82) is 0 Å². The smallest absolute Gasteiger partial charge is 0.264 e. The molecule has 0 saturated carbocycles. The lowest BCUT2D eigenvalue weighted by Gasteiger charge is -2.47. The van der Waals surface area contributed by atoms with Crippen LogP contribution in [0.5, 0.6) is 0 Å². The molecule has 7 aromatic rings. The van der Waals surface area contributed by atoms with Crippen LogP contribution in [0.3, 0.4) is 0 Å². The van der Waals surface area contributed by atoms with Crippen molar-refractivity contribution < 1.29 is 0 Å². The molecule has 0 amide bonds. The zero-order valence-corrected chi connectivity index (χ0v) is 36.7. The van der Waals surface area contributed by atoms with Gasteiger partial charge in [0.1, 0.15) is 0 Å². The first-order valence-corrected chi connectivity index (χ1v) is 22.1. The highest BCUT2D eigenvalue weighted by molar-refractivity contribution is 7.33. The number of para-hydroxylation sites is 1. The van der Waals surface area contributed by atoms with Crippen LogP contribution >= 0.6 is 11.3 Å². The monoisotopic (exact) mass is 774 g/mol.